The lowest BCUT2D eigenvalue weighted by atomic mass is 9.76. The summed E-state index contributed by atoms with van der Waals surface area (Å²) in [6.07, 6.45) is 4.65. The number of carbonyl (C=O) groups excluding carboxylic acids is 1. The van der Waals surface area contributed by atoms with Crippen molar-refractivity contribution in [1.29, 1.82) is 0 Å². The molecule has 1 aliphatic carbocycles. The van der Waals surface area contributed by atoms with Gasteiger partial charge in [0.2, 0.25) is 5.91 Å². The van der Waals surface area contributed by atoms with Gasteiger partial charge in [-0.25, -0.2) is 0 Å². The molecule has 1 aromatic carbocycles. The molecule has 2 N–H and O–H groups in total. The SMILES string of the molecule is NC(=O)CC1(c2ccc(Cl)c(Cl)c2)CCCC1. The predicted octanol–water partition coefficient (Wildman–Crippen LogP) is 3.68. The number of amides is 1. The van der Waals surface area contributed by atoms with Crippen molar-refractivity contribution >= 4 is 29.1 Å². The van der Waals surface area contributed by atoms with E-state index in [0.29, 0.717) is 16.5 Å². The van der Waals surface area contributed by atoms with Crippen molar-refractivity contribution in [1.82, 2.24) is 0 Å². The first-order chi connectivity index (χ1) is 8.03. The minimum atomic E-state index is -0.252. The Labute approximate surface area is 111 Å². The highest BCUT2D eigenvalue weighted by atomic mass is 35.5. The molecule has 0 radical (unpaired) electrons. The third-order valence-electron chi connectivity index (χ3n) is 3.61. The number of primary amides is 1. The summed E-state index contributed by atoms with van der Waals surface area (Å²) in [5, 5.41) is 1.09. The van der Waals surface area contributed by atoms with Gasteiger partial charge in [0, 0.05) is 11.8 Å². The highest BCUT2D eigenvalue weighted by Gasteiger charge is 2.37. The van der Waals surface area contributed by atoms with E-state index >= 15 is 0 Å². The zero-order chi connectivity index (χ0) is 12.5. The van der Waals surface area contributed by atoms with Crippen molar-refractivity contribution in [3.63, 3.8) is 0 Å². The summed E-state index contributed by atoms with van der Waals surface area (Å²) >= 11 is 12.0. The van der Waals surface area contributed by atoms with Crippen molar-refractivity contribution < 1.29 is 4.79 Å². The Balaban J connectivity index is 2.38. The minimum absolute atomic E-state index is 0.125. The van der Waals surface area contributed by atoms with E-state index in [2.05, 4.69) is 0 Å². The molecule has 0 atom stereocenters. The van der Waals surface area contributed by atoms with Gasteiger partial charge in [-0.2, -0.15) is 0 Å². The second kappa shape index (κ2) is 4.87. The second-order valence-electron chi connectivity index (χ2n) is 4.76. The molecule has 0 heterocycles. The van der Waals surface area contributed by atoms with Crippen LogP contribution in [0.3, 0.4) is 0 Å². The molecule has 0 spiro atoms. The summed E-state index contributed by atoms with van der Waals surface area (Å²) in [4.78, 5) is 11.2. The fraction of sp³-hybridized carbons (Fsp3) is 0.462. The van der Waals surface area contributed by atoms with Crippen LogP contribution in [0.15, 0.2) is 18.2 Å². The van der Waals surface area contributed by atoms with Crippen molar-refractivity contribution in [3.8, 4) is 0 Å². The topological polar surface area (TPSA) is 43.1 Å². The minimum Gasteiger partial charge on any atom is -0.370 e. The second-order valence-corrected chi connectivity index (χ2v) is 5.57. The van der Waals surface area contributed by atoms with Crippen LogP contribution in [0, 0.1) is 0 Å². The first-order valence-corrected chi connectivity index (χ1v) is 6.53. The van der Waals surface area contributed by atoms with Crippen molar-refractivity contribution in [2.24, 2.45) is 5.73 Å². The van der Waals surface area contributed by atoms with E-state index < -0.39 is 0 Å². The maximum Gasteiger partial charge on any atom is 0.218 e. The van der Waals surface area contributed by atoms with Crippen LogP contribution in [-0.4, -0.2) is 5.91 Å². The van der Waals surface area contributed by atoms with Gasteiger partial charge in [0.1, 0.15) is 0 Å². The van der Waals surface area contributed by atoms with Gasteiger partial charge < -0.3 is 5.73 Å². The molecule has 1 fully saturated rings. The van der Waals surface area contributed by atoms with Gasteiger partial charge in [-0.3, -0.25) is 4.79 Å². The van der Waals surface area contributed by atoms with Crippen LogP contribution in [0.2, 0.25) is 10.0 Å². The van der Waals surface area contributed by atoms with Crippen LogP contribution < -0.4 is 5.73 Å². The first kappa shape index (κ1) is 12.7. The molecule has 1 aliphatic rings. The lowest BCUT2D eigenvalue weighted by molar-refractivity contribution is -0.119. The number of nitrogens with two attached hydrogens (primary N) is 1. The normalized spacial score (nSPS) is 18.2. The molecule has 2 rings (SSSR count). The van der Waals surface area contributed by atoms with Gasteiger partial charge in [0.25, 0.3) is 0 Å². The third kappa shape index (κ3) is 2.58. The van der Waals surface area contributed by atoms with Crippen LogP contribution in [0.1, 0.15) is 37.7 Å². The summed E-state index contributed by atoms with van der Waals surface area (Å²) in [5.74, 6) is -0.252. The van der Waals surface area contributed by atoms with E-state index in [-0.39, 0.29) is 11.3 Å². The van der Waals surface area contributed by atoms with Gasteiger partial charge in [0.05, 0.1) is 10.0 Å². The number of hydrogen-bond donors (Lipinski definition) is 1. The number of benzene rings is 1. The maximum absolute atomic E-state index is 11.2. The van der Waals surface area contributed by atoms with Crippen LogP contribution in [0.25, 0.3) is 0 Å². The number of rotatable bonds is 3. The van der Waals surface area contributed by atoms with Crippen LogP contribution in [-0.2, 0) is 10.2 Å². The molecule has 0 aromatic heterocycles. The average Bonchev–Trinajstić information content (AvgIpc) is 2.70. The van der Waals surface area contributed by atoms with Gasteiger partial charge in [0.15, 0.2) is 0 Å². The maximum atomic E-state index is 11.2. The molecule has 0 unspecified atom stereocenters. The Morgan fingerprint density at radius 2 is 1.88 bits per heavy atom. The molecular formula is C13H15Cl2NO. The number of carbonyl (C=O) groups is 1. The Morgan fingerprint density at radius 3 is 2.41 bits per heavy atom. The Kier molecular flexibility index (Phi) is 3.64. The van der Waals surface area contributed by atoms with Crippen molar-refractivity contribution in [3.05, 3.63) is 33.8 Å². The number of halogens is 2. The number of hydrogen-bond acceptors (Lipinski definition) is 1. The molecule has 0 bridgehead atoms. The highest BCUT2D eigenvalue weighted by Crippen LogP contribution is 2.44. The third-order valence-corrected chi connectivity index (χ3v) is 4.34. The Bertz CT molecular complexity index is 439. The summed E-state index contributed by atoms with van der Waals surface area (Å²) < 4.78 is 0. The summed E-state index contributed by atoms with van der Waals surface area (Å²) in [7, 11) is 0. The van der Waals surface area contributed by atoms with E-state index in [0.717, 1.165) is 31.2 Å². The average molecular weight is 272 g/mol. The van der Waals surface area contributed by atoms with E-state index in [9.17, 15) is 4.79 Å². The van der Waals surface area contributed by atoms with E-state index in [1.165, 1.54) is 0 Å². The van der Waals surface area contributed by atoms with Crippen LogP contribution >= 0.6 is 23.2 Å². The highest BCUT2D eigenvalue weighted by molar-refractivity contribution is 6.42. The zero-order valence-corrected chi connectivity index (χ0v) is 11.0. The van der Waals surface area contributed by atoms with E-state index in [4.69, 9.17) is 28.9 Å². The van der Waals surface area contributed by atoms with Crippen LogP contribution in [0.5, 0.6) is 0 Å². The van der Waals surface area contributed by atoms with Crippen molar-refractivity contribution in [2.45, 2.75) is 37.5 Å². The summed E-state index contributed by atoms with van der Waals surface area (Å²) in [5.41, 5.74) is 6.33. The zero-order valence-electron chi connectivity index (χ0n) is 9.51. The fourth-order valence-electron chi connectivity index (χ4n) is 2.78. The predicted molar refractivity (Wildman–Crippen MR) is 70.4 cm³/mol. The molecule has 1 amide bonds. The lowest BCUT2D eigenvalue weighted by Crippen LogP contribution is -2.29. The monoisotopic (exact) mass is 271 g/mol. The Morgan fingerprint density at radius 1 is 1.24 bits per heavy atom. The molecule has 1 aromatic rings. The first-order valence-electron chi connectivity index (χ1n) is 5.77. The van der Waals surface area contributed by atoms with Gasteiger partial charge in [-0.05, 0) is 30.5 Å². The smallest absolute Gasteiger partial charge is 0.218 e. The molecule has 92 valence electrons. The van der Waals surface area contributed by atoms with Crippen LogP contribution in [0.4, 0.5) is 0 Å². The Hall–Kier alpha value is -0.730. The summed E-state index contributed by atoms with van der Waals surface area (Å²) in [6, 6.07) is 5.63. The molecular weight excluding hydrogens is 257 g/mol. The quantitative estimate of drug-likeness (QED) is 0.896. The molecule has 0 aliphatic heterocycles. The molecule has 0 saturated heterocycles. The molecule has 1 saturated carbocycles. The molecule has 17 heavy (non-hydrogen) atoms. The molecule has 2 nitrogen and oxygen atoms in total. The van der Waals surface area contributed by atoms with Gasteiger partial charge in [-0.15, -0.1) is 0 Å². The summed E-state index contributed by atoms with van der Waals surface area (Å²) in [6.45, 7) is 0. The van der Waals surface area contributed by atoms with Gasteiger partial charge >= 0.3 is 0 Å². The van der Waals surface area contributed by atoms with Crippen molar-refractivity contribution in [2.75, 3.05) is 0 Å². The standard InChI is InChI=1S/C13H15Cl2NO/c14-10-4-3-9(7-11(10)15)13(8-12(16)17)5-1-2-6-13/h3-4,7H,1-2,5-6,8H2,(H2,16,17). The lowest BCUT2D eigenvalue weighted by Gasteiger charge is -2.28. The fourth-order valence-corrected chi connectivity index (χ4v) is 3.08. The van der Waals surface area contributed by atoms with Gasteiger partial charge in [-0.1, -0.05) is 42.1 Å². The molecule has 4 heteroatoms. The van der Waals surface area contributed by atoms with E-state index in [1.807, 2.05) is 12.1 Å². The van der Waals surface area contributed by atoms with E-state index in [1.54, 1.807) is 6.07 Å². The largest absolute Gasteiger partial charge is 0.370 e.